The minimum atomic E-state index is -1.40. The second-order valence-corrected chi connectivity index (χ2v) is 14.1. The first-order valence-electron chi connectivity index (χ1n) is 12.8. The molecule has 0 aromatic rings. The van der Waals surface area contributed by atoms with E-state index in [-0.39, 0.29) is 0 Å². The lowest BCUT2D eigenvalue weighted by atomic mass is 10.0. The maximum Gasteiger partial charge on any atom is 0.186 e. The molecule has 0 aliphatic carbocycles. The van der Waals surface area contributed by atoms with E-state index in [1.165, 1.54) is 115 Å². The van der Waals surface area contributed by atoms with Gasteiger partial charge in [0.25, 0.3) is 0 Å². The summed E-state index contributed by atoms with van der Waals surface area (Å²) in [7, 11) is 2.87. The van der Waals surface area contributed by atoms with Gasteiger partial charge in [-0.25, -0.2) is 0 Å². The van der Waals surface area contributed by atoms with Gasteiger partial charge in [-0.1, -0.05) is 110 Å². The van der Waals surface area contributed by atoms with Crippen LogP contribution in [0.5, 0.6) is 0 Å². The molecule has 0 saturated heterocycles. The highest BCUT2D eigenvalue weighted by Crippen LogP contribution is 2.18. The van der Waals surface area contributed by atoms with E-state index in [0.29, 0.717) is 0 Å². The average Bonchev–Trinajstić information content (AvgIpc) is 2.65. The molecule has 0 saturated carbocycles. The van der Waals surface area contributed by atoms with E-state index < -0.39 is 8.32 Å². The van der Waals surface area contributed by atoms with Crippen LogP contribution in [0.2, 0.25) is 19.1 Å². The van der Waals surface area contributed by atoms with Gasteiger partial charge in [0.1, 0.15) is 0 Å². The molecule has 0 fully saturated rings. The molecule has 0 rings (SSSR count). The van der Waals surface area contributed by atoms with Gasteiger partial charge in [-0.2, -0.15) is 0 Å². The van der Waals surface area contributed by atoms with Crippen molar-refractivity contribution < 1.29 is 4.43 Å². The van der Waals surface area contributed by atoms with Crippen molar-refractivity contribution >= 4 is 8.32 Å². The second kappa shape index (κ2) is 20.4. The molecule has 0 bridgehead atoms. The van der Waals surface area contributed by atoms with Gasteiger partial charge in [0.2, 0.25) is 0 Å². The maximum absolute atomic E-state index is 6.22. The van der Waals surface area contributed by atoms with Gasteiger partial charge in [-0.15, -0.1) is 0 Å². The van der Waals surface area contributed by atoms with E-state index in [1.807, 2.05) is 0 Å². The Morgan fingerprint density at radius 3 is 1.36 bits per heavy atom. The third kappa shape index (κ3) is 22.4. The van der Waals surface area contributed by atoms with E-state index in [0.717, 1.165) is 13.2 Å². The monoisotopic (exact) mass is 413 g/mol. The third-order valence-electron chi connectivity index (χ3n) is 5.87. The van der Waals surface area contributed by atoms with Crippen molar-refractivity contribution in [3.63, 3.8) is 0 Å². The van der Waals surface area contributed by atoms with Crippen LogP contribution >= 0.6 is 0 Å². The van der Waals surface area contributed by atoms with Crippen LogP contribution in [0.25, 0.3) is 0 Å². The summed E-state index contributed by atoms with van der Waals surface area (Å²) >= 11 is 0. The first-order valence-corrected chi connectivity index (χ1v) is 15.9. The molecule has 0 spiro atoms. The molecule has 2 nitrogen and oxygen atoms in total. The summed E-state index contributed by atoms with van der Waals surface area (Å²) in [5.74, 6) is 0. The highest BCUT2D eigenvalue weighted by molar-refractivity contribution is 6.71. The number of nitrogens with zero attached hydrogens (tertiary/aromatic N) is 1. The first-order chi connectivity index (χ1) is 13.5. The smallest absolute Gasteiger partial charge is 0.186 e. The average molecular weight is 414 g/mol. The summed E-state index contributed by atoms with van der Waals surface area (Å²) < 4.78 is 6.22. The molecular formula is C25H55NOSi. The maximum atomic E-state index is 6.22. The number of hydrogen-bond acceptors (Lipinski definition) is 2. The van der Waals surface area contributed by atoms with Gasteiger partial charge >= 0.3 is 0 Å². The number of rotatable bonds is 22. The molecule has 0 unspecified atom stereocenters. The fourth-order valence-electron chi connectivity index (χ4n) is 3.90. The van der Waals surface area contributed by atoms with Gasteiger partial charge in [-0.3, -0.25) is 0 Å². The molecule has 0 aliphatic heterocycles. The van der Waals surface area contributed by atoms with Crippen molar-refractivity contribution in [3.8, 4) is 0 Å². The third-order valence-corrected chi connectivity index (χ3v) is 8.42. The highest BCUT2D eigenvalue weighted by Gasteiger charge is 2.21. The Kier molecular flexibility index (Phi) is 20.5. The molecule has 28 heavy (non-hydrogen) atoms. The Hall–Kier alpha value is 0.137. The standard InChI is InChI=1S/C25H55NOSi/c1-6-7-8-9-10-11-12-13-14-15-16-17-18-19-20-21-25-28(4,5)27-24-22-23-26(2)3/h6-25H2,1-5H3. The molecule has 0 aromatic carbocycles. The summed E-state index contributed by atoms with van der Waals surface area (Å²) in [6.07, 6.45) is 24.3. The molecule has 0 heterocycles. The van der Waals surface area contributed by atoms with Crippen LogP contribution in [0.15, 0.2) is 0 Å². The Balaban J connectivity index is 3.24. The van der Waals surface area contributed by atoms with E-state index in [9.17, 15) is 0 Å². The first kappa shape index (κ1) is 28.1. The van der Waals surface area contributed by atoms with Gasteiger partial charge < -0.3 is 9.33 Å². The minimum Gasteiger partial charge on any atom is -0.417 e. The van der Waals surface area contributed by atoms with Crippen molar-refractivity contribution in [3.05, 3.63) is 0 Å². The van der Waals surface area contributed by atoms with E-state index in [1.54, 1.807) is 0 Å². The molecule has 0 N–H and O–H groups in total. The molecule has 0 aromatic heterocycles. The zero-order chi connectivity index (χ0) is 20.9. The van der Waals surface area contributed by atoms with Gasteiger partial charge in [0.05, 0.1) is 0 Å². The summed E-state index contributed by atoms with van der Waals surface area (Å²) in [6.45, 7) is 9.19. The molecule has 0 radical (unpaired) electrons. The number of unbranched alkanes of at least 4 members (excludes halogenated alkanes) is 15. The predicted octanol–water partition coefficient (Wildman–Crippen LogP) is 8.42. The summed E-state index contributed by atoms with van der Waals surface area (Å²) in [4.78, 5) is 2.24. The second-order valence-electron chi connectivity index (χ2n) is 9.82. The largest absolute Gasteiger partial charge is 0.417 e. The number of hydrogen-bond donors (Lipinski definition) is 0. The zero-order valence-corrected chi connectivity index (χ0v) is 21.5. The molecule has 0 aliphatic rings. The Morgan fingerprint density at radius 1 is 0.571 bits per heavy atom. The Morgan fingerprint density at radius 2 is 0.964 bits per heavy atom. The van der Waals surface area contributed by atoms with Gasteiger partial charge in [0, 0.05) is 6.61 Å². The van der Waals surface area contributed by atoms with E-state index >= 15 is 0 Å². The van der Waals surface area contributed by atoms with Crippen LogP contribution in [0.3, 0.4) is 0 Å². The summed E-state index contributed by atoms with van der Waals surface area (Å²) in [5, 5.41) is 0. The van der Waals surface area contributed by atoms with Crippen LogP contribution in [-0.2, 0) is 4.43 Å². The SMILES string of the molecule is CCCCCCCCCCCCCCCCCC[Si](C)(C)OCCCN(C)C. The lowest BCUT2D eigenvalue weighted by molar-refractivity contribution is 0.272. The summed E-state index contributed by atoms with van der Waals surface area (Å²) in [5.41, 5.74) is 0. The normalized spacial score (nSPS) is 12.2. The van der Waals surface area contributed by atoms with Crippen molar-refractivity contribution in [1.82, 2.24) is 4.90 Å². The summed E-state index contributed by atoms with van der Waals surface area (Å²) in [6, 6.07) is 1.34. The van der Waals surface area contributed by atoms with Crippen molar-refractivity contribution in [2.45, 2.75) is 135 Å². The van der Waals surface area contributed by atoms with Crippen molar-refractivity contribution in [2.75, 3.05) is 27.2 Å². The van der Waals surface area contributed by atoms with Crippen LogP contribution in [0, 0.1) is 0 Å². The van der Waals surface area contributed by atoms with E-state index in [2.05, 4.69) is 39.0 Å². The lowest BCUT2D eigenvalue weighted by Gasteiger charge is -2.23. The van der Waals surface area contributed by atoms with Crippen LogP contribution in [0.1, 0.15) is 116 Å². The minimum absolute atomic E-state index is 0.955. The van der Waals surface area contributed by atoms with Crippen LogP contribution < -0.4 is 0 Å². The molecule has 0 atom stereocenters. The van der Waals surface area contributed by atoms with Gasteiger partial charge in [0.15, 0.2) is 8.32 Å². The van der Waals surface area contributed by atoms with Gasteiger partial charge in [-0.05, 0) is 46.2 Å². The lowest BCUT2D eigenvalue weighted by Crippen LogP contribution is -2.31. The predicted molar refractivity (Wildman–Crippen MR) is 131 cm³/mol. The fraction of sp³-hybridized carbons (Fsp3) is 1.00. The molecule has 170 valence electrons. The van der Waals surface area contributed by atoms with Crippen LogP contribution in [0.4, 0.5) is 0 Å². The van der Waals surface area contributed by atoms with Crippen LogP contribution in [-0.4, -0.2) is 40.5 Å². The topological polar surface area (TPSA) is 12.5 Å². The highest BCUT2D eigenvalue weighted by atomic mass is 28.4. The molecule has 0 amide bonds. The Bertz CT molecular complexity index is 307. The zero-order valence-electron chi connectivity index (χ0n) is 20.5. The van der Waals surface area contributed by atoms with Crippen molar-refractivity contribution in [1.29, 1.82) is 0 Å². The molecular weight excluding hydrogens is 358 g/mol. The quantitative estimate of drug-likeness (QED) is 0.130. The fourth-order valence-corrected chi connectivity index (χ4v) is 5.84. The Labute approximate surface area is 180 Å². The van der Waals surface area contributed by atoms with E-state index in [4.69, 9.17) is 4.43 Å². The van der Waals surface area contributed by atoms with Crippen molar-refractivity contribution in [2.24, 2.45) is 0 Å². The molecule has 3 heteroatoms.